The standard InChI is InChI=1S/C13H19N3O/c1-3-4-5-13(16-14-2)11-6-8-12(9-7-11)15-10-17/h5-10,14,16H,3-4H2,1-2H3,(H,15,17)/b13-5-. The summed E-state index contributed by atoms with van der Waals surface area (Å²) in [6.45, 7) is 2.14. The predicted molar refractivity (Wildman–Crippen MR) is 71.2 cm³/mol. The van der Waals surface area contributed by atoms with E-state index in [1.807, 2.05) is 31.3 Å². The molecule has 0 aliphatic rings. The summed E-state index contributed by atoms with van der Waals surface area (Å²) >= 11 is 0. The van der Waals surface area contributed by atoms with Gasteiger partial charge in [0.1, 0.15) is 0 Å². The highest BCUT2D eigenvalue weighted by Crippen LogP contribution is 2.15. The number of amides is 1. The zero-order valence-electron chi connectivity index (χ0n) is 10.3. The van der Waals surface area contributed by atoms with E-state index >= 15 is 0 Å². The third kappa shape index (κ3) is 4.28. The molecule has 0 saturated heterocycles. The molecule has 3 N–H and O–H groups in total. The zero-order valence-corrected chi connectivity index (χ0v) is 10.3. The van der Waals surface area contributed by atoms with E-state index in [0.717, 1.165) is 29.8 Å². The Kier molecular flexibility index (Phi) is 5.82. The number of anilines is 1. The van der Waals surface area contributed by atoms with Crippen molar-refractivity contribution in [3.63, 3.8) is 0 Å². The van der Waals surface area contributed by atoms with Crippen LogP contribution in [0.15, 0.2) is 30.3 Å². The van der Waals surface area contributed by atoms with Crippen molar-refractivity contribution in [2.24, 2.45) is 0 Å². The lowest BCUT2D eigenvalue weighted by Crippen LogP contribution is -2.25. The number of hydrogen-bond acceptors (Lipinski definition) is 3. The quantitative estimate of drug-likeness (QED) is 0.499. The summed E-state index contributed by atoms with van der Waals surface area (Å²) in [7, 11) is 1.84. The molecule has 17 heavy (non-hydrogen) atoms. The summed E-state index contributed by atoms with van der Waals surface area (Å²) in [4.78, 5) is 10.3. The van der Waals surface area contributed by atoms with Gasteiger partial charge in [0.2, 0.25) is 6.41 Å². The van der Waals surface area contributed by atoms with Gasteiger partial charge in [0, 0.05) is 12.7 Å². The molecule has 0 atom stereocenters. The Morgan fingerprint density at radius 3 is 2.53 bits per heavy atom. The molecular weight excluding hydrogens is 214 g/mol. The second-order valence-electron chi connectivity index (χ2n) is 3.62. The lowest BCUT2D eigenvalue weighted by atomic mass is 10.1. The maximum atomic E-state index is 10.3. The molecule has 0 spiro atoms. The van der Waals surface area contributed by atoms with Crippen LogP contribution < -0.4 is 16.2 Å². The van der Waals surface area contributed by atoms with Gasteiger partial charge >= 0.3 is 0 Å². The molecule has 0 saturated carbocycles. The molecule has 0 bridgehead atoms. The van der Waals surface area contributed by atoms with E-state index in [4.69, 9.17) is 0 Å². The van der Waals surface area contributed by atoms with Crippen molar-refractivity contribution in [3.05, 3.63) is 35.9 Å². The van der Waals surface area contributed by atoms with Crippen LogP contribution in [0.5, 0.6) is 0 Å². The second-order valence-corrected chi connectivity index (χ2v) is 3.62. The Labute approximate surface area is 102 Å². The lowest BCUT2D eigenvalue weighted by Gasteiger charge is -2.10. The van der Waals surface area contributed by atoms with E-state index in [1.54, 1.807) is 0 Å². The van der Waals surface area contributed by atoms with Gasteiger partial charge in [-0.15, -0.1) is 0 Å². The van der Waals surface area contributed by atoms with Crippen LogP contribution in [0.2, 0.25) is 0 Å². The summed E-state index contributed by atoms with van der Waals surface area (Å²) in [5, 5.41) is 2.61. The summed E-state index contributed by atoms with van der Waals surface area (Å²) in [5.74, 6) is 0. The summed E-state index contributed by atoms with van der Waals surface area (Å²) in [6, 6.07) is 7.69. The Morgan fingerprint density at radius 1 is 1.29 bits per heavy atom. The van der Waals surface area contributed by atoms with Crippen molar-refractivity contribution in [3.8, 4) is 0 Å². The van der Waals surface area contributed by atoms with Gasteiger partial charge in [0.15, 0.2) is 0 Å². The molecule has 0 unspecified atom stereocenters. The van der Waals surface area contributed by atoms with E-state index in [-0.39, 0.29) is 0 Å². The second kappa shape index (κ2) is 7.46. The molecule has 1 amide bonds. The molecule has 0 aliphatic carbocycles. The predicted octanol–water partition coefficient (Wildman–Crippen LogP) is 2.12. The fourth-order valence-electron chi connectivity index (χ4n) is 1.48. The number of hydrogen-bond donors (Lipinski definition) is 3. The van der Waals surface area contributed by atoms with Crippen LogP contribution in [0.4, 0.5) is 5.69 Å². The fraction of sp³-hybridized carbons (Fsp3) is 0.308. The van der Waals surface area contributed by atoms with Gasteiger partial charge in [-0.1, -0.05) is 31.6 Å². The zero-order chi connectivity index (χ0) is 12.5. The first-order chi connectivity index (χ1) is 8.31. The first-order valence-corrected chi connectivity index (χ1v) is 5.75. The fourth-order valence-corrected chi connectivity index (χ4v) is 1.48. The van der Waals surface area contributed by atoms with E-state index in [0.29, 0.717) is 6.41 Å². The minimum atomic E-state index is 0.675. The molecule has 1 aromatic carbocycles. The minimum absolute atomic E-state index is 0.675. The number of nitrogens with one attached hydrogen (secondary N) is 3. The monoisotopic (exact) mass is 233 g/mol. The van der Waals surface area contributed by atoms with Crippen LogP contribution >= 0.6 is 0 Å². The van der Waals surface area contributed by atoms with Gasteiger partial charge in [0.25, 0.3) is 0 Å². The molecule has 1 aromatic rings. The van der Waals surface area contributed by atoms with E-state index in [2.05, 4.69) is 29.2 Å². The number of carbonyl (C=O) groups is 1. The van der Waals surface area contributed by atoms with Crippen LogP contribution in [0.25, 0.3) is 5.70 Å². The van der Waals surface area contributed by atoms with Gasteiger partial charge < -0.3 is 10.7 Å². The van der Waals surface area contributed by atoms with E-state index in [1.165, 1.54) is 0 Å². The topological polar surface area (TPSA) is 53.2 Å². The van der Waals surface area contributed by atoms with Crippen LogP contribution in [-0.2, 0) is 4.79 Å². The highest BCUT2D eigenvalue weighted by molar-refractivity contribution is 5.73. The molecular formula is C13H19N3O. The Hall–Kier alpha value is -1.81. The number of hydrazine groups is 1. The molecule has 4 nitrogen and oxygen atoms in total. The molecule has 92 valence electrons. The van der Waals surface area contributed by atoms with E-state index < -0.39 is 0 Å². The van der Waals surface area contributed by atoms with Crippen molar-refractivity contribution < 1.29 is 4.79 Å². The number of carbonyl (C=O) groups excluding carboxylic acids is 1. The minimum Gasteiger partial charge on any atom is -0.329 e. The first kappa shape index (κ1) is 13.3. The van der Waals surface area contributed by atoms with Gasteiger partial charge in [0.05, 0.1) is 5.70 Å². The highest BCUT2D eigenvalue weighted by atomic mass is 16.1. The first-order valence-electron chi connectivity index (χ1n) is 5.75. The van der Waals surface area contributed by atoms with E-state index in [9.17, 15) is 4.79 Å². The van der Waals surface area contributed by atoms with Gasteiger partial charge in [-0.3, -0.25) is 4.79 Å². The third-order valence-corrected chi connectivity index (χ3v) is 2.32. The maximum absolute atomic E-state index is 10.3. The van der Waals surface area contributed by atoms with Crippen molar-refractivity contribution in [2.45, 2.75) is 19.8 Å². The van der Waals surface area contributed by atoms with Crippen LogP contribution in [0.3, 0.4) is 0 Å². The molecule has 0 heterocycles. The smallest absolute Gasteiger partial charge is 0.211 e. The largest absolute Gasteiger partial charge is 0.329 e. The highest BCUT2D eigenvalue weighted by Gasteiger charge is 1.99. The molecule has 0 aromatic heterocycles. The van der Waals surface area contributed by atoms with Gasteiger partial charge in [-0.2, -0.15) is 0 Å². The van der Waals surface area contributed by atoms with Crippen LogP contribution in [-0.4, -0.2) is 13.5 Å². The molecule has 0 radical (unpaired) electrons. The third-order valence-electron chi connectivity index (χ3n) is 2.32. The number of rotatable bonds is 7. The molecule has 1 rings (SSSR count). The van der Waals surface area contributed by atoms with Gasteiger partial charge in [-0.05, 0) is 24.1 Å². The Bertz CT molecular complexity index is 371. The summed E-state index contributed by atoms with van der Waals surface area (Å²) in [6.07, 6.45) is 4.96. The number of allylic oxidation sites excluding steroid dienone is 1. The number of benzene rings is 1. The van der Waals surface area contributed by atoms with Crippen molar-refractivity contribution in [2.75, 3.05) is 12.4 Å². The Balaban J connectivity index is 2.83. The lowest BCUT2D eigenvalue weighted by molar-refractivity contribution is -0.105. The van der Waals surface area contributed by atoms with Crippen molar-refractivity contribution in [1.29, 1.82) is 0 Å². The van der Waals surface area contributed by atoms with Crippen LogP contribution in [0.1, 0.15) is 25.3 Å². The summed E-state index contributed by atoms with van der Waals surface area (Å²) < 4.78 is 0. The maximum Gasteiger partial charge on any atom is 0.211 e. The molecule has 0 aliphatic heterocycles. The van der Waals surface area contributed by atoms with Crippen molar-refractivity contribution >= 4 is 17.8 Å². The average molecular weight is 233 g/mol. The Morgan fingerprint density at radius 2 is 2.00 bits per heavy atom. The molecule has 0 fully saturated rings. The normalized spacial score (nSPS) is 11.1. The summed E-state index contributed by atoms with van der Waals surface area (Å²) in [5.41, 5.74) is 8.96. The number of unbranched alkanes of at least 4 members (excludes halogenated alkanes) is 1. The van der Waals surface area contributed by atoms with Crippen LogP contribution in [0, 0.1) is 0 Å². The van der Waals surface area contributed by atoms with Crippen molar-refractivity contribution in [1.82, 2.24) is 10.9 Å². The average Bonchev–Trinajstić information content (AvgIpc) is 2.36. The molecule has 4 heteroatoms. The van der Waals surface area contributed by atoms with Gasteiger partial charge in [-0.25, -0.2) is 5.43 Å². The SMILES string of the molecule is CCC/C=C(\NNC)c1ccc(NC=O)cc1.